The third-order valence-electron chi connectivity index (χ3n) is 6.80. The van der Waals surface area contributed by atoms with Gasteiger partial charge in [-0.3, -0.25) is 14.4 Å². The molecule has 1 atom stereocenters. The van der Waals surface area contributed by atoms with E-state index < -0.39 is 11.4 Å². The van der Waals surface area contributed by atoms with Crippen LogP contribution in [0.25, 0.3) is 0 Å². The molecule has 0 radical (unpaired) electrons. The monoisotopic (exact) mass is 517 g/mol. The number of aryl methyl sites for hydroxylation is 1. The predicted molar refractivity (Wildman–Crippen MR) is 144 cm³/mol. The Bertz CT molecular complexity index is 1320. The van der Waals surface area contributed by atoms with Gasteiger partial charge < -0.3 is 24.8 Å². The molecule has 0 saturated carbocycles. The van der Waals surface area contributed by atoms with E-state index in [9.17, 15) is 14.4 Å². The van der Waals surface area contributed by atoms with Crippen molar-refractivity contribution in [2.45, 2.75) is 59.3 Å². The number of ether oxygens (including phenoxy) is 1. The summed E-state index contributed by atoms with van der Waals surface area (Å²) in [6.07, 6.45) is 2.13. The lowest BCUT2D eigenvalue weighted by molar-refractivity contribution is -0.133. The number of hydrogen-bond donors (Lipinski definition) is 2. The van der Waals surface area contributed by atoms with Crippen LogP contribution in [0.4, 0.5) is 0 Å². The number of benzene rings is 2. The van der Waals surface area contributed by atoms with E-state index in [1.165, 1.54) is 6.33 Å². The van der Waals surface area contributed by atoms with Crippen LogP contribution in [-0.2, 0) is 24.4 Å². The Kier molecular flexibility index (Phi) is 8.14. The third kappa shape index (κ3) is 5.41. The van der Waals surface area contributed by atoms with Gasteiger partial charge in [-0.2, -0.15) is 0 Å². The summed E-state index contributed by atoms with van der Waals surface area (Å²) in [6.45, 7) is 9.30. The van der Waals surface area contributed by atoms with Gasteiger partial charge in [0.2, 0.25) is 5.91 Å². The van der Waals surface area contributed by atoms with Crippen LogP contribution in [0.3, 0.4) is 0 Å². The zero-order valence-electron chi connectivity index (χ0n) is 22.4. The average molecular weight is 518 g/mol. The lowest BCUT2D eigenvalue weighted by Gasteiger charge is -2.43. The van der Waals surface area contributed by atoms with E-state index in [1.54, 1.807) is 16.4 Å². The van der Waals surface area contributed by atoms with E-state index in [4.69, 9.17) is 4.74 Å². The number of carbonyl (C=O) groups excluding carboxylic acids is 3. The van der Waals surface area contributed by atoms with Gasteiger partial charge in [0, 0.05) is 25.2 Å². The molecular weight excluding hydrogens is 482 g/mol. The fraction of sp³-hybridized carbons (Fsp3) is 0.379. The van der Waals surface area contributed by atoms with Gasteiger partial charge in [-0.25, -0.2) is 4.98 Å². The van der Waals surface area contributed by atoms with E-state index in [-0.39, 0.29) is 36.3 Å². The molecule has 9 nitrogen and oxygen atoms in total. The van der Waals surface area contributed by atoms with Crippen LogP contribution in [0.5, 0.6) is 5.75 Å². The molecule has 0 spiro atoms. The first-order valence-electron chi connectivity index (χ1n) is 13.0. The minimum atomic E-state index is -1.13. The first-order chi connectivity index (χ1) is 18.3. The molecule has 0 bridgehead atoms. The van der Waals surface area contributed by atoms with Gasteiger partial charge in [0.25, 0.3) is 11.8 Å². The first-order valence-corrected chi connectivity index (χ1v) is 13.0. The van der Waals surface area contributed by atoms with Gasteiger partial charge in [0.15, 0.2) is 5.69 Å². The van der Waals surface area contributed by atoms with Crippen LogP contribution in [0.2, 0.25) is 0 Å². The minimum absolute atomic E-state index is 0.0482. The Hall–Kier alpha value is -4.14. The lowest BCUT2D eigenvalue weighted by Crippen LogP contribution is -2.64. The molecule has 3 aromatic rings. The van der Waals surface area contributed by atoms with Gasteiger partial charge in [-0.05, 0) is 38.8 Å². The zero-order chi connectivity index (χ0) is 27.3. The van der Waals surface area contributed by atoms with E-state index in [2.05, 4.69) is 15.6 Å². The summed E-state index contributed by atoms with van der Waals surface area (Å²) in [5.41, 5.74) is 2.06. The number of amides is 3. The molecule has 38 heavy (non-hydrogen) atoms. The van der Waals surface area contributed by atoms with Crippen LogP contribution in [0.1, 0.15) is 64.9 Å². The summed E-state index contributed by atoms with van der Waals surface area (Å²) in [4.78, 5) is 46.2. The van der Waals surface area contributed by atoms with Gasteiger partial charge in [0.1, 0.15) is 17.0 Å². The van der Waals surface area contributed by atoms with Crippen molar-refractivity contribution in [3.63, 3.8) is 0 Å². The molecule has 4 rings (SSSR count). The summed E-state index contributed by atoms with van der Waals surface area (Å²) in [5, 5.41) is 5.85. The summed E-state index contributed by atoms with van der Waals surface area (Å²) in [6, 6.07) is 15.4. The maximum atomic E-state index is 13.7. The van der Waals surface area contributed by atoms with Crippen molar-refractivity contribution in [1.29, 1.82) is 0 Å². The number of para-hydroxylation sites is 1. The smallest absolute Gasteiger partial charge is 0.273 e. The largest absolute Gasteiger partial charge is 0.494 e. The summed E-state index contributed by atoms with van der Waals surface area (Å²) < 4.78 is 7.25. The van der Waals surface area contributed by atoms with E-state index in [0.717, 1.165) is 16.7 Å². The summed E-state index contributed by atoms with van der Waals surface area (Å²) >= 11 is 0. The van der Waals surface area contributed by atoms with Crippen molar-refractivity contribution in [3.8, 4) is 5.75 Å². The molecule has 2 aromatic carbocycles. The van der Waals surface area contributed by atoms with E-state index >= 15 is 0 Å². The summed E-state index contributed by atoms with van der Waals surface area (Å²) in [5.74, 6) is -0.400. The fourth-order valence-electron chi connectivity index (χ4n) is 4.71. The van der Waals surface area contributed by atoms with Crippen molar-refractivity contribution in [2.75, 3.05) is 13.2 Å². The van der Waals surface area contributed by atoms with Crippen molar-refractivity contribution < 1.29 is 19.1 Å². The number of imidazole rings is 1. The highest BCUT2D eigenvalue weighted by Gasteiger charge is 2.48. The Morgan fingerprint density at radius 2 is 1.79 bits per heavy atom. The highest BCUT2D eigenvalue weighted by molar-refractivity contribution is 6.07. The molecule has 1 unspecified atom stereocenters. The molecule has 9 heteroatoms. The first kappa shape index (κ1) is 26.9. The Morgan fingerprint density at radius 3 is 2.50 bits per heavy atom. The number of aromatic nitrogens is 2. The molecule has 2 N–H and O–H groups in total. The maximum absolute atomic E-state index is 13.7. The quantitative estimate of drug-likeness (QED) is 0.429. The second-order valence-corrected chi connectivity index (χ2v) is 9.69. The van der Waals surface area contributed by atoms with Crippen LogP contribution >= 0.6 is 0 Å². The van der Waals surface area contributed by atoms with E-state index in [1.807, 2.05) is 69.3 Å². The summed E-state index contributed by atoms with van der Waals surface area (Å²) in [7, 11) is 0. The van der Waals surface area contributed by atoms with Crippen molar-refractivity contribution in [1.82, 2.24) is 25.1 Å². The molecule has 200 valence electrons. The Morgan fingerprint density at radius 1 is 1.05 bits per heavy atom. The number of carbonyl (C=O) groups is 3. The molecule has 0 aliphatic carbocycles. The third-order valence-corrected chi connectivity index (χ3v) is 6.80. The normalized spacial score (nSPS) is 16.6. The van der Waals surface area contributed by atoms with Crippen molar-refractivity contribution in [2.24, 2.45) is 0 Å². The SMILES string of the molecule is CCCN1C(=O)c2c(C(=O)NCc3ccccc3OCC)ncn2CC1(C)C(=O)NCc1ccc(C)cc1. The van der Waals surface area contributed by atoms with Gasteiger partial charge in [-0.1, -0.05) is 55.0 Å². The minimum Gasteiger partial charge on any atom is -0.494 e. The highest BCUT2D eigenvalue weighted by Crippen LogP contribution is 2.29. The number of nitrogens with one attached hydrogen (secondary N) is 2. The molecule has 0 saturated heterocycles. The van der Waals surface area contributed by atoms with Crippen molar-refractivity contribution >= 4 is 17.7 Å². The van der Waals surface area contributed by atoms with Crippen LogP contribution < -0.4 is 15.4 Å². The fourth-order valence-corrected chi connectivity index (χ4v) is 4.71. The van der Waals surface area contributed by atoms with E-state index in [0.29, 0.717) is 31.9 Å². The topological polar surface area (TPSA) is 106 Å². The molecular formula is C29H35N5O4. The average Bonchev–Trinajstić information content (AvgIpc) is 3.33. The maximum Gasteiger partial charge on any atom is 0.273 e. The zero-order valence-corrected chi connectivity index (χ0v) is 22.4. The Labute approximate surface area is 223 Å². The predicted octanol–water partition coefficient (Wildman–Crippen LogP) is 3.46. The number of rotatable bonds is 10. The van der Waals surface area contributed by atoms with Crippen molar-refractivity contribution in [3.05, 3.63) is 82.9 Å². The highest BCUT2D eigenvalue weighted by atomic mass is 16.5. The Balaban J connectivity index is 1.53. The van der Waals surface area contributed by atoms with Gasteiger partial charge in [0.05, 0.1) is 19.5 Å². The van der Waals surface area contributed by atoms with Gasteiger partial charge in [-0.15, -0.1) is 0 Å². The molecule has 1 aromatic heterocycles. The van der Waals surface area contributed by atoms with Gasteiger partial charge >= 0.3 is 0 Å². The molecule has 1 aliphatic rings. The molecule has 3 amide bonds. The number of hydrogen-bond acceptors (Lipinski definition) is 5. The molecule has 2 heterocycles. The number of fused-ring (bicyclic) bond motifs is 1. The molecule has 0 fully saturated rings. The lowest BCUT2D eigenvalue weighted by atomic mass is 9.93. The van der Waals surface area contributed by atoms with Crippen LogP contribution in [-0.4, -0.2) is 50.9 Å². The second kappa shape index (κ2) is 11.5. The van der Waals surface area contributed by atoms with Crippen LogP contribution in [0.15, 0.2) is 54.9 Å². The standard InChI is InChI=1S/C29H35N5O4/c1-5-15-34-27(36)25-24(26(35)30-17-22-9-7-8-10-23(22)38-6-2)32-19-33(25)18-29(34,4)28(37)31-16-21-13-11-20(3)12-14-21/h7-14,19H,5-6,15-18H2,1-4H3,(H,30,35)(H,31,37). The molecule has 1 aliphatic heterocycles. The van der Waals surface area contributed by atoms with Crippen LogP contribution in [0, 0.1) is 6.92 Å². The number of nitrogens with zero attached hydrogens (tertiary/aromatic N) is 3. The second-order valence-electron chi connectivity index (χ2n) is 9.69.